The summed E-state index contributed by atoms with van der Waals surface area (Å²) in [5.74, 6) is -1.02. The lowest BCUT2D eigenvalue weighted by molar-refractivity contribution is -0.122. The van der Waals surface area contributed by atoms with Crippen LogP contribution in [0.25, 0.3) is 0 Å². The molecule has 2 amide bonds. The average Bonchev–Trinajstić information content (AvgIpc) is 3.35. The molecule has 0 aliphatic heterocycles. The van der Waals surface area contributed by atoms with Crippen LogP contribution in [0.5, 0.6) is 0 Å². The molecular formula is C18H16Cl2N2O2. The Bertz CT molecular complexity index is 807. The standard InChI is InChI=1S/C18H16Cl2N2O2/c1-10-5-2-3-7-14(10)21-17(23)11-9-12(11)18(24)22-15-8-4-6-13(19)16(15)20/h2-8,11-12H,9H2,1H3,(H,21,23)(H,22,24). The van der Waals surface area contributed by atoms with E-state index < -0.39 is 0 Å². The first kappa shape index (κ1) is 16.8. The smallest absolute Gasteiger partial charge is 0.228 e. The second-order valence-electron chi connectivity index (χ2n) is 5.84. The molecular weight excluding hydrogens is 347 g/mol. The molecule has 24 heavy (non-hydrogen) atoms. The molecule has 2 atom stereocenters. The largest absolute Gasteiger partial charge is 0.326 e. The van der Waals surface area contributed by atoms with E-state index >= 15 is 0 Å². The second-order valence-corrected chi connectivity index (χ2v) is 6.63. The highest BCUT2D eigenvalue weighted by molar-refractivity contribution is 6.44. The molecule has 124 valence electrons. The summed E-state index contributed by atoms with van der Waals surface area (Å²) in [4.78, 5) is 24.6. The number of carbonyl (C=O) groups is 2. The topological polar surface area (TPSA) is 58.2 Å². The molecule has 2 unspecified atom stereocenters. The van der Waals surface area contributed by atoms with Crippen molar-refractivity contribution in [3.05, 3.63) is 58.1 Å². The number of benzene rings is 2. The zero-order chi connectivity index (χ0) is 17.3. The van der Waals surface area contributed by atoms with Gasteiger partial charge in [0.15, 0.2) is 0 Å². The van der Waals surface area contributed by atoms with Gasteiger partial charge in [-0.15, -0.1) is 0 Å². The van der Waals surface area contributed by atoms with Crippen molar-refractivity contribution in [2.45, 2.75) is 13.3 Å². The highest BCUT2D eigenvalue weighted by atomic mass is 35.5. The van der Waals surface area contributed by atoms with Crippen LogP contribution in [0.15, 0.2) is 42.5 Å². The summed E-state index contributed by atoms with van der Waals surface area (Å²) < 4.78 is 0. The first-order valence-corrected chi connectivity index (χ1v) is 8.34. The number of carbonyl (C=O) groups excluding carboxylic acids is 2. The van der Waals surface area contributed by atoms with Gasteiger partial charge in [0.1, 0.15) is 0 Å². The molecule has 3 rings (SSSR count). The fourth-order valence-electron chi connectivity index (χ4n) is 2.54. The predicted octanol–water partition coefficient (Wildman–Crippen LogP) is 4.52. The van der Waals surface area contributed by atoms with Gasteiger partial charge < -0.3 is 10.6 Å². The van der Waals surface area contributed by atoms with Gasteiger partial charge in [0, 0.05) is 5.69 Å². The maximum Gasteiger partial charge on any atom is 0.228 e. The average molecular weight is 363 g/mol. The van der Waals surface area contributed by atoms with Gasteiger partial charge in [-0.3, -0.25) is 9.59 Å². The summed E-state index contributed by atoms with van der Waals surface area (Å²) in [5.41, 5.74) is 2.21. The Hall–Kier alpha value is -2.04. The minimum atomic E-state index is -0.343. The van der Waals surface area contributed by atoms with Crippen molar-refractivity contribution < 1.29 is 9.59 Å². The highest BCUT2D eigenvalue weighted by Crippen LogP contribution is 2.41. The van der Waals surface area contributed by atoms with Crippen molar-refractivity contribution in [1.29, 1.82) is 0 Å². The van der Waals surface area contributed by atoms with Gasteiger partial charge in [0.25, 0.3) is 0 Å². The lowest BCUT2D eigenvalue weighted by Crippen LogP contribution is -2.21. The van der Waals surface area contributed by atoms with Crippen LogP contribution in [0.2, 0.25) is 10.0 Å². The van der Waals surface area contributed by atoms with Crippen LogP contribution in [0, 0.1) is 18.8 Å². The van der Waals surface area contributed by atoms with Gasteiger partial charge in [-0.1, -0.05) is 47.5 Å². The number of hydrogen-bond acceptors (Lipinski definition) is 2. The van der Waals surface area contributed by atoms with Crippen molar-refractivity contribution >= 4 is 46.4 Å². The minimum absolute atomic E-state index is 0.137. The van der Waals surface area contributed by atoms with E-state index in [1.165, 1.54) is 0 Å². The maximum absolute atomic E-state index is 12.3. The van der Waals surface area contributed by atoms with E-state index in [4.69, 9.17) is 23.2 Å². The quantitative estimate of drug-likeness (QED) is 0.839. The van der Waals surface area contributed by atoms with Gasteiger partial charge >= 0.3 is 0 Å². The van der Waals surface area contributed by atoms with Crippen LogP contribution in [0.3, 0.4) is 0 Å². The van der Waals surface area contributed by atoms with Gasteiger partial charge in [0.05, 0.1) is 27.6 Å². The minimum Gasteiger partial charge on any atom is -0.326 e. The van der Waals surface area contributed by atoms with Crippen LogP contribution in [0.1, 0.15) is 12.0 Å². The van der Waals surface area contributed by atoms with Crippen LogP contribution < -0.4 is 10.6 Å². The zero-order valence-electron chi connectivity index (χ0n) is 13.0. The Morgan fingerprint density at radius 3 is 2.17 bits per heavy atom. The van der Waals surface area contributed by atoms with Crippen LogP contribution in [0.4, 0.5) is 11.4 Å². The number of hydrogen-bond donors (Lipinski definition) is 2. The normalized spacial score (nSPS) is 18.8. The molecule has 0 radical (unpaired) electrons. The van der Waals surface area contributed by atoms with Crippen molar-refractivity contribution in [2.24, 2.45) is 11.8 Å². The highest BCUT2D eigenvalue weighted by Gasteiger charge is 2.48. The van der Waals surface area contributed by atoms with Crippen LogP contribution in [-0.4, -0.2) is 11.8 Å². The predicted molar refractivity (Wildman–Crippen MR) is 96.5 cm³/mol. The van der Waals surface area contributed by atoms with E-state index in [0.717, 1.165) is 11.3 Å². The number of nitrogens with one attached hydrogen (secondary N) is 2. The molecule has 1 saturated carbocycles. The van der Waals surface area contributed by atoms with E-state index in [0.29, 0.717) is 22.2 Å². The number of para-hydroxylation sites is 1. The summed E-state index contributed by atoms with van der Waals surface area (Å²) in [7, 11) is 0. The molecule has 0 spiro atoms. The molecule has 1 fully saturated rings. The molecule has 0 heterocycles. The van der Waals surface area contributed by atoms with Crippen molar-refractivity contribution in [3.63, 3.8) is 0 Å². The first-order valence-electron chi connectivity index (χ1n) is 7.58. The van der Waals surface area contributed by atoms with Crippen molar-refractivity contribution in [1.82, 2.24) is 0 Å². The maximum atomic E-state index is 12.3. The number of rotatable bonds is 4. The second kappa shape index (κ2) is 6.83. The number of aryl methyl sites for hydroxylation is 1. The summed E-state index contributed by atoms with van der Waals surface area (Å²) in [6.07, 6.45) is 0.529. The van der Waals surface area contributed by atoms with Crippen molar-refractivity contribution in [3.8, 4) is 0 Å². The van der Waals surface area contributed by atoms with E-state index in [-0.39, 0.29) is 23.7 Å². The summed E-state index contributed by atoms with van der Waals surface area (Å²) in [6, 6.07) is 12.6. The summed E-state index contributed by atoms with van der Waals surface area (Å²) in [5, 5.41) is 6.29. The Morgan fingerprint density at radius 1 is 0.917 bits per heavy atom. The lowest BCUT2D eigenvalue weighted by atomic mass is 10.2. The monoisotopic (exact) mass is 362 g/mol. The third kappa shape index (κ3) is 3.55. The van der Waals surface area contributed by atoms with Gasteiger partial charge in [-0.25, -0.2) is 0 Å². The molecule has 0 saturated heterocycles. The van der Waals surface area contributed by atoms with E-state index in [1.54, 1.807) is 18.2 Å². The Labute approximate surface area is 150 Å². The summed E-state index contributed by atoms with van der Waals surface area (Å²) >= 11 is 12.0. The third-order valence-corrected chi connectivity index (χ3v) is 4.90. The Kier molecular flexibility index (Phi) is 4.78. The van der Waals surface area contributed by atoms with Gasteiger partial charge in [-0.05, 0) is 37.1 Å². The molecule has 2 N–H and O–H groups in total. The fourth-order valence-corrected chi connectivity index (χ4v) is 2.89. The van der Waals surface area contributed by atoms with E-state index in [1.807, 2.05) is 31.2 Å². The zero-order valence-corrected chi connectivity index (χ0v) is 14.5. The molecule has 6 heteroatoms. The third-order valence-electron chi connectivity index (χ3n) is 4.08. The molecule has 4 nitrogen and oxygen atoms in total. The van der Waals surface area contributed by atoms with Gasteiger partial charge in [0.2, 0.25) is 11.8 Å². The number of halogens is 2. The van der Waals surface area contributed by atoms with Crippen LogP contribution in [-0.2, 0) is 9.59 Å². The van der Waals surface area contributed by atoms with Gasteiger partial charge in [-0.2, -0.15) is 0 Å². The Morgan fingerprint density at radius 2 is 1.50 bits per heavy atom. The molecule has 2 aromatic rings. The van der Waals surface area contributed by atoms with Crippen LogP contribution >= 0.6 is 23.2 Å². The molecule has 1 aliphatic carbocycles. The fraction of sp³-hybridized carbons (Fsp3) is 0.222. The molecule has 0 bridgehead atoms. The lowest BCUT2D eigenvalue weighted by Gasteiger charge is -2.09. The SMILES string of the molecule is Cc1ccccc1NC(=O)C1CC1C(=O)Nc1cccc(Cl)c1Cl. The molecule has 0 aromatic heterocycles. The van der Waals surface area contributed by atoms with E-state index in [9.17, 15) is 9.59 Å². The van der Waals surface area contributed by atoms with E-state index in [2.05, 4.69) is 10.6 Å². The molecule has 1 aliphatic rings. The number of anilines is 2. The Balaban J connectivity index is 1.60. The summed E-state index contributed by atoms with van der Waals surface area (Å²) in [6.45, 7) is 1.92. The van der Waals surface area contributed by atoms with Crippen molar-refractivity contribution in [2.75, 3.05) is 10.6 Å². The molecule has 2 aromatic carbocycles. The first-order chi connectivity index (χ1) is 11.5. The number of amides is 2.